The van der Waals surface area contributed by atoms with E-state index in [4.69, 9.17) is 0 Å². The van der Waals surface area contributed by atoms with Gasteiger partial charge in [-0.2, -0.15) is 0 Å². The molecule has 1 aromatic heterocycles. The second-order valence-electron chi connectivity index (χ2n) is 4.63. The van der Waals surface area contributed by atoms with Crippen molar-refractivity contribution in [2.24, 2.45) is 5.92 Å². The molecule has 17 heavy (non-hydrogen) atoms. The van der Waals surface area contributed by atoms with E-state index in [2.05, 4.69) is 30.2 Å². The van der Waals surface area contributed by atoms with E-state index in [0.29, 0.717) is 11.5 Å². The topological polar surface area (TPSA) is 24.9 Å². The van der Waals surface area contributed by atoms with E-state index in [-0.39, 0.29) is 5.82 Å². The molecule has 0 bridgehead atoms. The summed E-state index contributed by atoms with van der Waals surface area (Å²) < 4.78 is 13.4. The molecule has 94 valence electrons. The van der Waals surface area contributed by atoms with Crippen LogP contribution in [-0.2, 0) is 0 Å². The highest BCUT2D eigenvalue weighted by molar-refractivity contribution is 5.63. The smallest absolute Gasteiger partial charge is 0.148 e. The number of rotatable bonds is 6. The fourth-order valence-corrected chi connectivity index (χ4v) is 1.59. The van der Waals surface area contributed by atoms with Crippen LogP contribution in [0.1, 0.15) is 32.8 Å². The van der Waals surface area contributed by atoms with Gasteiger partial charge in [0.05, 0.1) is 6.20 Å². The number of halogens is 1. The first-order chi connectivity index (χ1) is 8.11. The highest BCUT2D eigenvalue weighted by Crippen LogP contribution is 2.16. The van der Waals surface area contributed by atoms with Crippen molar-refractivity contribution in [2.75, 3.05) is 13.1 Å². The van der Waals surface area contributed by atoms with Gasteiger partial charge in [0.15, 0.2) is 0 Å². The van der Waals surface area contributed by atoms with Gasteiger partial charge in [-0.15, -0.1) is 0 Å². The Morgan fingerprint density at radius 1 is 1.53 bits per heavy atom. The lowest BCUT2D eigenvalue weighted by Gasteiger charge is -2.06. The van der Waals surface area contributed by atoms with Gasteiger partial charge in [-0.05, 0) is 44.0 Å². The van der Waals surface area contributed by atoms with E-state index in [1.54, 1.807) is 12.3 Å². The summed E-state index contributed by atoms with van der Waals surface area (Å²) in [5.41, 5.74) is 1.61. The van der Waals surface area contributed by atoms with Gasteiger partial charge in [0.2, 0.25) is 0 Å². The van der Waals surface area contributed by atoms with Crippen LogP contribution >= 0.6 is 0 Å². The van der Waals surface area contributed by atoms with E-state index in [0.717, 1.165) is 25.1 Å². The van der Waals surface area contributed by atoms with Crippen LogP contribution in [0.2, 0.25) is 0 Å². The van der Waals surface area contributed by atoms with Crippen molar-refractivity contribution in [3.63, 3.8) is 0 Å². The third-order valence-electron chi connectivity index (χ3n) is 2.52. The monoisotopic (exact) mass is 236 g/mol. The van der Waals surface area contributed by atoms with Crippen LogP contribution in [0.3, 0.4) is 0 Å². The molecule has 0 aromatic carbocycles. The summed E-state index contributed by atoms with van der Waals surface area (Å²) in [6, 6.07) is 1.71. The van der Waals surface area contributed by atoms with Gasteiger partial charge in [0.1, 0.15) is 5.82 Å². The molecule has 0 saturated carbocycles. The molecule has 3 heteroatoms. The lowest BCUT2D eigenvalue weighted by atomic mass is 10.1. The average molecular weight is 236 g/mol. The first kappa shape index (κ1) is 13.8. The van der Waals surface area contributed by atoms with Crippen LogP contribution in [-0.4, -0.2) is 18.1 Å². The zero-order chi connectivity index (χ0) is 12.7. The van der Waals surface area contributed by atoms with Crippen LogP contribution in [0.15, 0.2) is 24.5 Å². The highest BCUT2D eigenvalue weighted by Gasteiger charge is 2.02. The molecule has 1 rings (SSSR count). The normalized spacial score (nSPS) is 12.2. The Labute approximate surface area is 103 Å². The zero-order valence-electron chi connectivity index (χ0n) is 10.8. The minimum Gasteiger partial charge on any atom is -0.316 e. The molecular weight excluding hydrogens is 215 g/mol. The second-order valence-corrected chi connectivity index (χ2v) is 4.63. The van der Waals surface area contributed by atoms with Crippen LogP contribution < -0.4 is 5.32 Å². The summed E-state index contributed by atoms with van der Waals surface area (Å²) in [5, 5.41) is 3.36. The predicted molar refractivity (Wildman–Crippen MR) is 70.2 cm³/mol. The van der Waals surface area contributed by atoms with E-state index in [9.17, 15) is 4.39 Å². The Morgan fingerprint density at radius 2 is 2.29 bits per heavy atom. The number of hydrogen-bond donors (Lipinski definition) is 1. The van der Waals surface area contributed by atoms with Gasteiger partial charge in [-0.25, -0.2) is 4.39 Å². The van der Waals surface area contributed by atoms with Crippen molar-refractivity contribution in [3.8, 4) is 0 Å². The maximum absolute atomic E-state index is 13.4. The fraction of sp³-hybridized carbons (Fsp3) is 0.500. The molecule has 0 radical (unpaired) electrons. The summed E-state index contributed by atoms with van der Waals surface area (Å²) in [6.45, 7) is 8.25. The molecule has 0 fully saturated rings. The Morgan fingerprint density at radius 3 is 2.94 bits per heavy atom. The van der Waals surface area contributed by atoms with Crippen LogP contribution in [0.25, 0.3) is 5.57 Å². The molecule has 0 aliphatic rings. The van der Waals surface area contributed by atoms with Gasteiger partial charge in [-0.3, -0.25) is 4.98 Å². The van der Waals surface area contributed by atoms with Crippen molar-refractivity contribution < 1.29 is 4.39 Å². The van der Waals surface area contributed by atoms with Gasteiger partial charge in [0, 0.05) is 11.8 Å². The van der Waals surface area contributed by atoms with Crippen LogP contribution in [0, 0.1) is 11.7 Å². The number of pyridine rings is 1. The lowest BCUT2D eigenvalue weighted by molar-refractivity contribution is 0.557. The van der Waals surface area contributed by atoms with E-state index in [1.165, 1.54) is 6.20 Å². The summed E-state index contributed by atoms with van der Waals surface area (Å²) in [5.74, 6) is 0.411. The third-order valence-corrected chi connectivity index (χ3v) is 2.52. The van der Waals surface area contributed by atoms with Gasteiger partial charge in [-0.1, -0.05) is 19.9 Å². The number of nitrogens with zero attached hydrogens (tertiary/aromatic N) is 1. The molecule has 1 N–H and O–H groups in total. The van der Waals surface area contributed by atoms with E-state index >= 15 is 0 Å². The van der Waals surface area contributed by atoms with Crippen molar-refractivity contribution >= 4 is 5.57 Å². The standard InChI is InChI=1S/C14H21FN2/c1-11(2)9-16-7-4-5-12(3)13-6-8-17-10-14(13)15/h5-6,8,10-11,16H,4,7,9H2,1-3H3/b12-5-. The van der Waals surface area contributed by atoms with E-state index < -0.39 is 0 Å². The second kappa shape index (κ2) is 7.17. The zero-order valence-corrected chi connectivity index (χ0v) is 10.8. The Bertz CT molecular complexity index is 372. The van der Waals surface area contributed by atoms with Gasteiger partial charge < -0.3 is 5.32 Å². The average Bonchev–Trinajstić information content (AvgIpc) is 2.28. The molecule has 0 aliphatic heterocycles. The number of allylic oxidation sites excluding steroid dienone is 1. The number of nitrogens with one attached hydrogen (secondary N) is 1. The van der Waals surface area contributed by atoms with Crippen LogP contribution in [0.4, 0.5) is 4.39 Å². The largest absolute Gasteiger partial charge is 0.316 e. The van der Waals surface area contributed by atoms with Crippen molar-refractivity contribution in [1.82, 2.24) is 10.3 Å². The molecule has 0 aliphatic carbocycles. The minimum atomic E-state index is -0.253. The summed E-state index contributed by atoms with van der Waals surface area (Å²) in [7, 11) is 0. The summed E-state index contributed by atoms with van der Waals surface area (Å²) in [4.78, 5) is 3.74. The summed E-state index contributed by atoms with van der Waals surface area (Å²) >= 11 is 0. The first-order valence-electron chi connectivity index (χ1n) is 6.08. The number of hydrogen-bond acceptors (Lipinski definition) is 2. The van der Waals surface area contributed by atoms with Crippen molar-refractivity contribution in [3.05, 3.63) is 35.9 Å². The maximum atomic E-state index is 13.4. The predicted octanol–water partition coefficient (Wildman–Crippen LogP) is 3.26. The quantitative estimate of drug-likeness (QED) is 0.767. The molecule has 0 saturated heterocycles. The molecule has 0 amide bonds. The minimum absolute atomic E-state index is 0.253. The van der Waals surface area contributed by atoms with Crippen LogP contribution in [0.5, 0.6) is 0 Å². The molecule has 0 unspecified atom stereocenters. The third kappa shape index (κ3) is 5.09. The Balaban J connectivity index is 2.42. The molecule has 2 nitrogen and oxygen atoms in total. The summed E-state index contributed by atoms with van der Waals surface area (Å²) in [6.07, 6.45) is 5.85. The fourth-order valence-electron chi connectivity index (χ4n) is 1.59. The molecule has 0 spiro atoms. The lowest BCUT2D eigenvalue weighted by Crippen LogP contribution is -2.20. The maximum Gasteiger partial charge on any atom is 0.148 e. The highest BCUT2D eigenvalue weighted by atomic mass is 19.1. The Kier molecular flexibility index (Phi) is 5.84. The van der Waals surface area contributed by atoms with Crippen molar-refractivity contribution in [2.45, 2.75) is 27.2 Å². The van der Waals surface area contributed by atoms with Gasteiger partial charge >= 0.3 is 0 Å². The molecule has 0 atom stereocenters. The number of aromatic nitrogens is 1. The molecule has 1 heterocycles. The van der Waals surface area contributed by atoms with Gasteiger partial charge in [0.25, 0.3) is 0 Å². The molecule has 1 aromatic rings. The first-order valence-corrected chi connectivity index (χ1v) is 6.08. The Hall–Kier alpha value is -1.22. The van der Waals surface area contributed by atoms with E-state index in [1.807, 2.05) is 6.92 Å². The SMILES string of the molecule is C/C(=C/CCNCC(C)C)c1ccncc1F. The van der Waals surface area contributed by atoms with Crippen molar-refractivity contribution in [1.29, 1.82) is 0 Å². The molecular formula is C14H21FN2.